The van der Waals surface area contributed by atoms with Gasteiger partial charge in [0.1, 0.15) is 6.33 Å². The Balaban J connectivity index is 1.86. The maximum absolute atomic E-state index is 6.22. The Morgan fingerprint density at radius 2 is 2.37 bits per heavy atom. The molecule has 6 nitrogen and oxygen atoms in total. The number of nitrogens with one attached hydrogen (secondary N) is 1. The summed E-state index contributed by atoms with van der Waals surface area (Å²) in [5.74, 6) is 0. The number of hydrogen-bond donors (Lipinski definition) is 1. The number of tetrazole rings is 1. The van der Waals surface area contributed by atoms with Crippen molar-refractivity contribution in [2.45, 2.75) is 25.5 Å². The van der Waals surface area contributed by atoms with E-state index in [4.69, 9.17) is 16.3 Å². The Labute approximate surface area is 115 Å². The van der Waals surface area contributed by atoms with E-state index in [-0.39, 0.29) is 12.1 Å². The Bertz CT molecular complexity index is 559. The topological polar surface area (TPSA) is 64.9 Å². The van der Waals surface area contributed by atoms with Crippen LogP contribution in [0.5, 0.6) is 0 Å². The largest absolute Gasteiger partial charge is 0.378 e. The van der Waals surface area contributed by atoms with Gasteiger partial charge < -0.3 is 10.1 Å². The molecule has 19 heavy (non-hydrogen) atoms. The van der Waals surface area contributed by atoms with Crippen molar-refractivity contribution in [1.82, 2.24) is 20.2 Å². The van der Waals surface area contributed by atoms with Gasteiger partial charge in [0.25, 0.3) is 0 Å². The second-order valence-electron chi connectivity index (χ2n) is 4.53. The van der Waals surface area contributed by atoms with Gasteiger partial charge in [-0.25, -0.2) is 4.68 Å². The molecule has 2 atom stereocenters. The van der Waals surface area contributed by atoms with Crippen molar-refractivity contribution in [3.63, 3.8) is 0 Å². The number of ether oxygens (including phenoxy) is 1. The lowest BCUT2D eigenvalue weighted by molar-refractivity contribution is 0.121. The first-order valence-electron chi connectivity index (χ1n) is 6.15. The molecule has 2 heterocycles. The Morgan fingerprint density at radius 3 is 3.05 bits per heavy atom. The number of anilines is 1. The first-order valence-corrected chi connectivity index (χ1v) is 6.53. The molecule has 0 saturated carbocycles. The molecular weight excluding hydrogens is 266 g/mol. The third-order valence-electron chi connectivity index (χ3n) is 3.28. The molecule has 7 heteroatoms. The highest BCUT2D eigenvalue weighted by Crippen LogP contribution is 2.27. The van der Waals surface area contributed by atoms with E-state index in [2.05, 4.69) is 27.8 Å². The van der Waals surface area contributed by atoms with E-state index in [0.717, 1.165) is 24.4 Å². The number of halogens is 1. The van der Waals surface area contributed by atoms with Crippen LogP contribution in [0.3, 0.4) is 0 Å². The minimum absolute atomic E-state index is 0.188. The molecule has 0 amide bonds. The van der Waals surface area contributed by atoms with Gasteiger partial charge >= 0.3 is 0 Å². The second kappa shape index (κ2) is 5.14. The van der Waals surface area contributed by atoms with Gasteiger partial charge in [-0.1, -0.05) is 11.6 Å². The third kappa shape index (κ3) is 2.54. The summed E-state index contributed by atoms with van der Waals surface area (Å²) in [6.45, 7) is 2.84. The molecule has 3 rings (SSSR count). The average Bonchev–Trinajstić information content (AvgIpc) is 3.05. The zero-order chi connectivity index (χ0) is 13.2. The van der Waals surface area contributed by atoms with E-state index in [1.807, 2.05) is 18.2 Å². The first kappa shape index (κ1) is 12.4. The van der Waals surface area contributed by atoms with Crippen LogP contribution in [-0.4, -0.2) is 39.0 Å². The van der Waals surface area contributed by atoms with Gasteiger partial charge in [0.05, 0.1) is 28.5 Å². The zero-order valence-electron chi connectivity index (χ0n) is 10.5. The summed E-state index contributed by atoms with van der Waals surface area (Å²) in [5.41, 5.74) is 1.74. The van der Waals surface area contributed by atoms with Crippen LogP contribution in [0, 0.1) is 0 Å². The molecule has 1 aromatic heterocycles. The quantitative estimate of drug-likeness (QED) is 0.930. The molecule has 1 aliphatic rings. The summed E-state index contributed by atoms with van der Waals surface area (Å²) in [4.78, 5) is 0. The minimum atomic E-state index is 0.188. The molecule has 1 saturated heterocycles. The van der Waals surface area contributed by atoms with Crippen LogP contribution in [-0.2, 0) is 4.74 Å². The lowest BCUT2D eigenvalue weighted by Crippen LogP contribution is -2.26. The third-order valence-corrected chi connectivity index (χ3v) is 3.61. The van der Waals surface area contributed by atoms with Gasteiger partial charge in [-0.15, -0.1) is 5.10 Å². The van der Waals surface area contributed by atoms with Crippen molar-refractivity contribution in [2.75, 3.05) is 11.9 Å². The summed E-state index contributed by atoms with van der Waals surface area (Å²) >= 11 is 6.22. The van der Waals surface area contributed by atoms with Gasteiger partial charge in [0, 0.05) is 6.61 Å². The van der Waals surface area contributed by atoms with Crippen LogP contribution in [0.2, 0.25) is 5.02 Å². The number of hydrogen-bond acceptors (Lipinski definition) is 5. The Kier molecular flexibility index (Phi) is 3.35. The van der Waals surface area contributed by atoms with Gasteiger partial charge in [-0.3, -0.25) is 0 Å². The Morgan fingerprint density at radius 1 is 1.47 bits per heavy atom. The van der Waals surface area contributed by atoms with Gasteiger partial charge in [-0.2, -0.15) is 0 Å². The highest BCUT2D eigenvalue weighted by molar-refractivity contribution is 6.33. The van der Waals surface area contributed by atoms with Crippen LogP contribution in [0.25, 0.3) is 5.69 Å². The van der Waals surface area contributed by atoms with E-state index in [1.165, 1.54) is 0 Å². The maximum Gasteiger partial charge on any atom is 0.143 e. The maximum atomic E-state index is 6.22. The molecule has 1 fully saturated rings. The number of nitrogens with zero attached hydrogens (tertiary/aromatic N) is 4. The molecule has 1 aromatic carbocycles. The van der Waals surface area contributed by atoms with Crippen molar-refractivity contribution < 1.29 is 4.74 Å². The molecular formula is C12H14ClN5O. The van der Waals surface area contributed by atoms with Gasteiger partial charge in [0.2, 0.25) is 0 Å². The van der Waals surface area contributed by atoms with Crippen LogP contribution >= 0.6 is 11.6 Å². The number of rotatable bonds is 3. The number of aromatic nitrogens is 4. The van der Waals surface area contributed by atoms with Crippen molar-refractivity contribution in [2.24, 2.45) is 0 Å². The van der Waals surface area contributed by atoms with Crippen molar-refractivity contribution in [3.8, 4) is 5.69 Å². The van der Waals surface area contributed by atoms with Crippen LogP contribution < -0.4 is 5.32 Å². The first-order chi connectivity index (χ1) is 9.24. The lowest BCUT2D eigenvalue weighted by atomic mass is 10.1. The molecule has 2 unspecified atom stereocenters. The van der Waals surface area contributed by atoms with Crippen LogP contribution in [0.15, 0.2) is 24.5 Å². The molecule has 1 N–H and O–H groups in total. The van der Waals surface area contributed by atoms with Crippen molar-refractivity contribution in [3.05, 3.63) is 29.5 Å². The SMILES string of the molecule is CC1OCCC1Nc1cc(-n2cnnn2)ccc1Cl. The normalized spacial score (nSPS) is 22.6. The summed E-state index contributed by atoms with van der Waals surface area (Å²) in [6, 6.07) is 5.92. The van der Waals surface area contributed by atoms with E-state index in [9.17, 15) is 0 Å². The summed E-state index contributed by atoms with van der Waals surface area (Å²) in [7, 11) is 0. The lowest BCUT2D eigenvalue weighted by Gasteiger charge is -2.18. The second-order valence-corrected chi connectivity index (χ2v) is 4.94. The fraction of sp³-hybridized carbons (Fsp3) is 0.417. The van der Waals surface area contributed by atoms with E-state index in [0.29, 0.717) is 5.02 Å². The molecule has 1 aliphatic heterocycles. The molecule has 100 valence electrons. The average molecular weight is 280 g/mol. The molecule has 0 radical (unpaired) electrons. The fourth-order valence-electron chi connectivity index (χ4n) is 2.17. The summed E-state index contributed by atoms with van der Waals surface area (Å²) in [5, 5.41) is 15.2. The van der Waals surface area contributed by atoms with Crippen molar-refractivity contribution in [1.29, 1.82) is 0 Å². The molecule has 0 aliphatic carbocycles. The van der Waals surface area contributed by atoms with Gasteiger partial charge in [-0.05, 0) is 42.0 Å². The van der Waals surface area contributed by atoms with E-state index < -0.39 is 0 Å². The predicted octanol–water partition coefficient (Wildman–Crippen LogP) is 1.90. The summed E-state index contributed by atoms with van der Waals surface area (Å²) < 4.78 is 7.13. The van der Waals surface area contributed by atoms with Gasteiger partial charge in [0.15, 0.2) is 0 Å². The Hall–Kier alpha value is -1.66. The standard InChI is InChI=1S/C12H14ClN5O/c1-8-11(4-5-19-8)15-12-6-9(2-3-10(12)13)18-7-14-16-17-18/h2-3,6-8,11,15H,4-5H2,1H3. The minimum Gasteiger partial charge on any atom is -0.378 e. The molecule has 0 spiro atoms. The fourth-order valence-corrected chi connectivity index (χ4v) is 2.34. The van der Waals surface area contributed by atoms with Crippen molar-refractivity contribution >= 4 is 17.3 Å². The highest BCUT2D eigenvalue weighted by Gasteiger charge is 2.24. The predicted molar refractivity (Wildman–Crippen MR) is 71.6 cm³/mol. The number of benzene rings is 1. The molecule has 2 aromatic rings. The van der Waals surface area contributed by atoms with Crippen LogP contribution in [0.1, 0.15) is 13.3 Å². The van der Waals surface area contributed by atoms with E-state index in [1.54, 1.807) is 11.0 Å². The smallest absolute Gasteiger partial charge is 0.143 e. The highest BCUT2D eigenvalue weighted by atomic mass is 35.5. The van der Waals surface area contributed by atoms with Crippen LogP contribution in [0.4, 0.5) is 5.69 Å². The zero-order valence-corrected chi connectivity index (χ0v) is 11.2. The van der Waals surface area contributed by atoms with E-state index >= 15 is 0 Å². The summed E-state index contributed by atoms with van der Waals surface area (Å²) in [6.07, 6.45) is 2.72. The monoisotopic (exact) mass is 279 g/mol. The molecule has 0 bridgehead atoms.